The number of carbonyl (C=O) groups is 1. The van der Waals surface area contributed by atoms with Crippen LogP contribution < -0.4 is 5.32 Å². The summed E-state index contributed by atoms with van der Waals surface area (Å²) in [7, 11) is 0. The van der Waals surface area contributed by atoms with Gasteiger partial charge in [-0.2, -0.15) is 0 Å². The van der Waals surface area contributed by atoms with Crippen LogP contribution in [0.1, 0.15) is 34.9 Å². The van der Waals surface area contributed by atoms with Crippen molar-refractivity contribution in [2.75, 3.05) is 25.0 Å². The Morgan fingerprint density at radius 2 is 1.91 bits per heavy atom. The Labute approximate surface area is 135 Å². The first-order valence-corrected chi connectivity index (χ1v) is 7.82. The molecule has 2 heterocycles. The first-order valence-electron chi connectivity index (χ1n) is 7.82. The van der Waals surface area contributed by atoms with Crippen LogP contribution in [0.25, 0.3) is 0 Å². The zero-order valence-corrected chi connectivity index (χ0v) is 12.9. The van der Waals surface area contributed by atoms with Crippen LogP contribution in [-0.4, -0.2) is 45.6 Å². The van der Waals surface area contributed by atoms with Gasteiger partial charge in [0, 0.05) is 6.54 Å². The number of anilines is 1. The maximum Gasteiger partial charge on any atom is 0.356 e. The highest BCUT2D eigenvalue weighted by atomic mass is 16.4. The molecule has 6 heteroatoms. The molecule has 0 bridgehead atoms. The normalized spacial score (nSPS) is 16.2. The fourth-order valence-corrected chi connectivity index (χ4v) is 2.92. The van der Waals surface area contributed by atoms with E-state index in [0.717, 1.165) is 13.1 Å². The van der Waals surface area contributed by atoms with Gasteiger partial charge in [-0.25, -0.2) is 14.8 Å². The molecule has 1 saturated heterocycles. The summed E-state index contributed by atoms with van der Waals surface area (Å²) < 4.78 is 0. The van der Waals surface area contributed by atoms with E-state index in [1.165, 1.54) is 30.8 Å². The van der Waals surface area contributed by atoms with Gasteiger partial charge < -0.3 is 10.4 Å². The van der Waals surface area contributed by atoms with Crippen molar-refractivity contribution < 1.29 is 9.90 Å². The third kappa shape index (κ3) is 3.84. The molecule has 0 saturated carbocycles. The summed E-state index contributed by atoms with van der Waals surface area (Å²) >= 11 is 0. The fraction of sp³-hybridized carbons (Fsp3) is 0.353. The van der Waals surface area contributed by atoms with Crippen molar-refractivity contribution in [1.29, 1.82) is 0 Å². The Kier molecular flexibility index (Phi) is 4.83. The number of nitrogens with zero attached hydrogens (tertiary/aromatic N) is 3. The fourth-order valence-electron chi connectivity index (χ4n) is 2.92. The van der Waals surface area contributed by atoms with Crippen molar-refractivity contribution in [2.24, 2.45) is 0 Å². The first kappa shape index (κ1) is 15.4. The van der Waals surface area contributed by atoms with E-state index in [0.29, 0.717) is 12.4 Å². The predicted octanol–water partition coefficient (Wildman–Crippen LogP) is 2.42. The van der Waals surface area contributed by atoms with Gasteiger partial charge in [0.25, 0.3) is 0 Å². The predicted molar refractivity (Wildman–Crippen MR) is 87.5 cm³/mol. The van der Waals surface area contributed by atoms with Gasteiger partial charge in [0.15, 0.2) is 5.69 Å². The Morgan fingerprint density at radius 3 is 2.52 bits per heavy atom. The smallest absolute Gasteiger partial charge is 0.356 e. The largest absolute Gasteiger partial charge is 0.476 e. The van der Waals surface area contributed by atoms with Crippen molar-refractivity contribution in [2.45, 2.75) is 18.9 Å². The minimum atomic E-state index is -1.07. The van der Waals surface area contributed by atoms with Gasteiger partial charge in [0.2, 0.25) is 0 Å². The molecule has 0 spiro atoms. The maximum atomic E-state index is 10.8. The summed E-state index contributed by atoms with van der Waals surface area (Å²) in [6.07, 6.45) is 5.21. The molecule has 0 radical (unpaired) electrons. The van der Waals surface area contributed by atoms with Gasteiger partial charge in [-0.15, -0.1) is 0 Å². The SMILES string of the molecule is O=C(O)c1cnc(NCC(c2ccccc2)N2CCCC2)cn1. The molecule has 2 aromatic rings. The number of aromatic nitrogens is 2. The van der Waals surface area contributed by atoms with Crippen LogP contribution in [0.4, 0.5) is 5.82 Å². The van der Waals surface area contributed by atoms with Gasteiger partial charge in [-0.3, -0.25) is 4.90 Å². The zero-order valence-electron chi connectivity index (χ0n) is 12.9. The maximum absolute atomic E-state index is 10.8. The first-order chi connectivity index (χ1) is 11.2. The highest BCUT2D eigenvalue weighted by molar-refractivity contribution is 5.84. The summed E-state index contributed by atoms with van der Waals surface area (Å²) in [5.41, 5.74) is 1.23. The second-order valence-electron chi connectivity index (χ2n) is 5.64. The van der Waals surface area contributed by atoms with E-state index in [4.69, 9.17) is 5.11 Å². The molecule has 0 amide bonds. The summed E-state index contributed by atoms with van der Waals surface area (Å²) in [5.74, 6) is -0.474. The minimum Gasteiger partial charge on any atom is -0.476 e. The second-order valence-corrected chi connectivity index (χ2v) is 5.64. The number of hydrogen-bond acceptors (Lipinski definition) is 5. The number of aromatic carboxylic acids is 1. The molecule has 1 unspecified atom stereocenters. The zero-order chi connectivity index (χ0) is 16.1. The van der Waals surface area contributed by atoms with Crippen molar-refractivity contribution in [1.82, 2.24) is 14.9 Å². The van der Waals surface area contributed by atoms with E-state index in [9.17, 15) is 4.79 Å². The quantitative estimate of drug-likeness (QED) is 0.853. The number of likely N-dealkylation sites (tertiary alicyclic amines) is 1. The van der Waals surface area contributed by atoms with Crippen LogP contribution in [0.5, 0.6) is 0 Å². The van der Waals surface area contributed by atoms with Crippen molar-refractivity contribution >= 4 is 11.8 Å². The number of carboxylic acid groups (broad SMARTS) is 1. The molecule has 23 heavy (non-hydrogen) atoms. The van der Waals surface area contributed by atoms with E-state index < -0.39 is 5.97 Å². The standard InChI is InChI=1S/C17H20N4O2/c22-17(23)14-10-19-16(12-18-14)20-11-15(21-8-4-5-9-21)13-6-2-1-3-7-13/h1-3,6-7,10,12,15H,4-5,8-9,11H2,(H,19,20)(H,22,23). The second kappa shape index (κ2) is 7.19. The summed E-state index contributed by atoms with van der Waals surface area (Å²) in [5, 5.41) is 12.1. The highest BCUT2D eigenvalue weighted by Gasteiger charge is 2.23. The van der Waals surface area contributed by atoms with E-state index >= 15 is 0 Å². The topological polar surface area (TPSA) is 78.3 Å². The molecule has 1 aromatic carbocycles. The molecule has 1 aromatic heterocycles. The lowest BCUT2D eigenvalue weighted by Crippen LogP contribution is -2.31. The lowest BCUT2D eigenvalue weighted by atomic mass is 10.1. The van der Waals surface area contributed by atoms with Crippen LogP contribution >= 0.6 is 0 Å². The highest BCUT2D eigenvalue weighted by Crippen LogP contribution is 2.25. The average molecular weight is 312 g/mol. The number of carboxylic acids is 1. The molecule has 6 nitrogen and oxygen atoms in total. The van der Waals surface area contributed by atoms with Crippen molar-refractivity contribution in [3.8, 4) is 0 Å². The average Bonchev–Trinajstić information content (AvgIpc) is 3.11. The van der Waals surface area contributed by atoms with Gasteiger partial charge >= 0.3 is 5.97 Å². The van der Waals surface area contributed by atoms with Crippen LogP contribution in [-0.2, 0) is 0 Å². The Balaban J connectivity index is 1.70. The minimum absolute atomic E-state index is 0.0466. The summed E-state index contributed by atoms with van der Waals surface area (Å²) in [4.78, 5) is 21.3. The monoisotopic (exact) mass is 312 g/mol. The number of hydrogen-bond donors (Lipinski definition) is 2. The van der Waals surface area contributed by atoms with Gasteiger partial charge in [0.05, 0.1) is 18.4 Å². The van der Waals surface area contributed by atoms with E-state index in [1.807, 2.05) is 6.07 Å². The Hall–Kier alpha value is -2.47. The van der Waals surface area contributed by atoms with Crippen molar-refractivity contribution in [3.05, 3.63) is 54.0 Å². The van der Waals surface area contributed by atoms with Crippen LogP contribution in [0.2, 0.25) is 0 Å². The molecule has 2 N–H and O–H groups in total. The molecule has 1 atom stereocenters. The number of rotatable bonds is 6. The molecule has 0 aliphatic carbocycles. The molecular weight excluding hydrogens is 292 g/mol. The summed E-state index contributed by atoms with van der Waals surface area (Å²) in [6.45, 7) is 2.92. The number of nitrogens with one attached hydrogen (secondary N) is 1. The van der Waals surface area contributed by atoms with Gasteiger partial charge in [-0.05, 0) is 31.5 Å². The Bertz CT molecular complexity index is 639. The van der Waals surface area contributed by atoms with E-state index in [1.54, 1.807) is 0 Å². The van der Waals surface area contributed by atoms with Crippen LogP contribution in [0.15, 0.2) is 42.7 Å². The lowest BCUT2D eigenvalue weighted by molar-refractivity contribution is 0.0690. The van der Waals surface area contributed by atoms with Crippen molar-refractivity contribution in [3.63, 3.8) is 0 Å². The Morgan fingerprint density at radius 1 is 1.17 bits per heavy atom. The van der Waals surface area contributed by atoms with E-state index in [-0.39, 0.29) is 11.7 Å². The third-order valence-electron chi connectivity index (χ3n) is 4.11. The molecule has 1 aliphatic rings. The molecule has 3 rings (SSSR count). The molecule has 1 aliphatic heterocycles. The lowest BCUT2D eigenvalue weighted by Gasteiger charge is -2.28. The summed E-state index contributed by atoms with van der Waals surface area (Å²) in [6, 6.07) is 10.7. The van der Waals surface area contributed by atoms with Gasteiger partial charge in [0.1, 0.15) is 5.82 Å². The molecule has 120 valence electrons. The number of benzene rings is 1. The third-order valence-corrected chi connectivity index (χ3v) is 4.11. The van der Waals surface area contributed by atoms with Crippen LogP contribution in [0, 0.1) is 0 Å². The van der Waals surface area contributed by atoms with Gasteiger partial charge in [-0.1, -0.05) is 30.3 Å². The molecular formula is C17H20N4O2. The molecule has 1 fully saturated rings. The van der Waals surface area contributed by atoms with Crippen LogP contribution in [0.3, 0.4) is 0 Å². The van der Waals surface area contributed by atoms with E-state index in [2.05, 4.69) is 44.5 Å².